The second-order valence-corrected chi connectivity index (χ2v) is 8.22. The van der Waals surface area contributed by atoms with Crippen LogP contribution < -0.4 is 30.2 Å². The van der Waals surface area contributed by atoms with Crippen LogP contribution >= 0.6 is 15.9 Å². The first-order valence-electron chi connectivity index (χ1n) is 10.8. The molecule has 184 valence electrons. The number of ether oxygens (including phenoxy) is 3. The summed E-state index contributed by atoms with van der Waals surface area (Å²) in [6.45, 7) is 4.18. The van der Waals surface area contributed by atoms with E-state index in [2.05, 4.69) is 21.2 Å². The van der Waals surface area contributed by atoms with Gasteiger partial charge in [0.2, 0.25) is 0 Å². The molecule has 0 bridgehead atoms. The largest absolute Gasteiger partial charge is 0.490 e. The third-order valence-corrected chi connectivity index (χ3v) is 5.18. The minimum Gasteiger partial charge on any atom is -0.490 e. The lowest BCUT2D eigenvalue weighted by atomic mass is 10.1. The number of urea groups is 1. The summed E-state index contributed by atoms with van der Waals surface area (Å²) in [7, 11) is 0. The van der Waals surface area contributed by atoms with E-state index in [1.807, 2.05) is 6.92 Å². The van der Waals surface area contributed by atoms with Gasteiger partial charge >= 0.3 is 6.03 Å². The molecule has 2 aromatic rings. The van der Waals surface area contributed by atoms with Crippen molar-refractivity contribution in [3.8, 4) is 17.2 Å². The van der Waals surface area contributed by atoms with Crippen molar-refractivity contribution in [2.45, 2.75) is 20.3 Å². The third-order valence-electron chi connectivity index (χ3n) is 4.69. The molecule has 35 heavy (non-hydrogen) atoms. The molecule has 0 unspecified atom stereocenters. The number of nitrogens with zero attached hydrogens (tertiary/aromatic N) is 1. The Morgan fingerprint density at radius 1 is 1.03 bits per heavy atom. The molecule has 3 N–H and O–H groups in total. The Morgan fingerprint density at radius 2 is 1.77 bits per heavy atom. The molecule has 1 heterocycles. The zero-order valence-corrected chi connectivity index (χ0v) is 20.7. The number of hydrogen-bond donors (Lipinski definition) is 2. The quantitative estimate of drug-likeness (QED) is 0.345. The molecule has 0 radical (unpaired) electrons. The predicted octanol–water partition coefficient (Wildman–Crippen LogP) is 3.17. The highest BCUT2D eigenvalue weighted by atomic mass is 79.9. The van der Waals surface area contributed by atoms with Gasteiger partial charge in [0.1, 0.15) is 11.3 Å². The van der Waals surface area contributed by atoms with Gasteiger partial charge in [-0.15, -0.1) is 0 Å². The summed E-state index contributed by atoms with van der Waals surface area (Å²) in [4.78, 5) is 50.5. The number of nitrogens with two attached hydrogens (primary N) is 1. The van der Waals surface area contributed by atoms with E-state index in [-0.39, 0.29) is 17.0 Å². The first-order chi connectivity index (χ1) is 16.7. The monoisotopic (exact) mass is 545 g/mol. The van der Waals surface area contributed by atoms with Gasteiger partial charge in [-0.05, 0) is 49.8 Å². The number of anilines is 1. The highest BCUT2D eigenvalue weighted by Crippen LogP contribution is 2.34. The van der Waals surface area contributed by atoms with Crippen LogP contribution in [0.4, 0.5) is 10.5 Å². The van der Waals surface area contributed by atoms with E-state index in [9.17, 15) is 19.2 Å². The number of amides is 5. The topological polar surface area (TPSA) is 137 Å². The second kappa shape index (κ2) is 11.5. The Labute approximate surface area is 210 Å². The molecule has 1 saturated heterocycles. The van der Waals surface area contributed by atoms with E-state index in [0.29, 0.717) is 34.7 Å². The molecule has 0 atom stereocenters. The van der Waals surface area contributed by atoms with Crippen LogP contribution in [0.15, 0.2) is 46.4 Å². The van der Waals surface area contributed by atoms with Gasteiger partial charge in [-0.25, -0.2) is 9.69 Å². The van der Waals surface area contributed by atoms with E-state index in [4.69, 9.17) is 19.9 Å². The van der Waals surface area contributed by atoms with Gasteiger partial charge in [0, 0.05) is 16.1 Å². The number of carbonyl (C=O) groups excluding carboxylic acids is 4. The Kier molecular flexibility index (Phi) is 8.48. The number of halogens is 1. The molecular formula is C24H24BrN3O7. The molecule has 0 aromatic heterocycles. The van der Waals surface area contributed by atoms with E-state index >= 15 is 0 Å². The lowest BCUT2D eigenvalue weighted by Crippen LogP contribution is -2.54. The van der Waals surface area contributed by atoms with Crippen molar-refractivity contribution in [3.05, 3.63) is 52.0 Å². The number of carbonyl (C=O) groups is 4. The summed E-state index contributed by atoms with van der Waals surface area (Å²) in [5, 5.41) is 2.17. The highest BCUT2D eigenvalue weighted by molar-refractivity contribution is 9.10. The second-order valence-electron chi connectivity index (χ2n) is 7.31. The normalized spacial score (nSPS) is 14.7. The molecule has 3 rings (SSSR count). The van der Waals surface area contributed by atoms with E-state index in [1.165, 1.54) is 18.2 Å². The molecule has 10 nitrogen and oxygen atoms in total. The first-order valence-corrected chi connectivity index (χ1v) is 11.6. The Morgan fingerprint density at radius 3 is 2.46 bits per heavy atom. The number of benzene rings is 2. The molecule has 0 spiro atoms. The summed E-state index contributed by atoms with van der Waals surface area (Å²) < 4.78 is 17.3. The fourth-order valence-electron chi connectivity index (χ4n) is 3.20. The minimum absolute atomic E-state index is 0.192. The summed E-state index contributed by atoms with van der Waals surface area (Å²) in [6.07, 6.45) is 2.07. The summed E-state index contributed by atoms with van der Waals surface area (Å²) in [5.74, 6) is -1.35. The predicted molar refractivity (Wildman–Crippen MR) is 131 cm³/mol. The van der Waals surface area contributed by atoms with Crippen molar-refractivity contribution in [1.29, 1.82) is 0 Å². The van der Waals surface area contributed by atoms with Crippen LogP contribution in [0.1, 0.15) is 25.8 Å². The van der Waals surface area contributed by atoms with Gasteiger partial charge in [0.15, 0.2) is 18.1 Å². The molecular weight excluding hydrogens is 522 g/mol. The van der Waals surface area contributed by atoms with Crippen molar-refractivity contribution in [3.63, 3.8) is 0 Å². The van der Waals surface area contributed by atoms with E-state index in [0.717, 1.165) is 11.3 Å². The van der Waals surface area contributed by atoms with E-state index in [1.54, 1.807) is 31.2 Å². The first kappa shape index (κ1) is 25.8. The number of barbiturate groups is 1. The lowest BCUT2D eigenvalue weighted by Gasteiger charge is -2.27. The van der Waals surface area contributed by atoms with Crippen LogP contribution in [-0.4, -0.2) is 43.6 Å². The SMILES string of the molecule is CCCOc1ccc(N2C(=O)NC(=O)/C(=C\c3cc(Br)ccc3OCC(N)=O)C2=O)cc1OCC. The van der Waals surface area contributed by atoms with Gasteiger partial charge in [0.25, 0.3) is 17.7 Å². The van der Waals surface area contributed by atoms with Crippen molar-refractivity contribution in [2.75, 3.05) is 24.7 Å². The smallest absolute Gasteiger partial charge is 0.335 e. The summed E-state index contributed by atoms with van der Waals surface area (Å²) in [6, 6.07) is 8.53. The van der Waals surface area contributed by atoms with Gasteiger partial charge < -0.3 is 19.9 Å². The molecule has 1 aliphatic heterocycles. The van der Waals surface area contributed by atoms with Crippen LogP contribution in [0.25, 0.3) is 6.08 Å². The van der Waals surface area contributed by atoms with Crippen molar-refractivity contribution in [1.82, 2.24) is 5.32 Å². The van der Waals surface area contributed by atoms with Gasteiger partial charge in [0.05, 0.1) is 18.9 Å². The molecule has 0 saturated carbocycles. The number of nitrogens with one attached hydrogen (secondary N) is 1. The van der Waals surface area contributed by atoms with Gasteiger partial charge in [-0.1, -0.05) is 22.9 Å². The van der Waals surface area contributed by atoms with Gasteiger partial charge in [-0.3, -0.25) is 19.7 Å². The van der Waals surface area contributed by atoms with Crippen LogP contribution in [0.2, 0.25) is 0 Å². The number of imide groups is 2. The molecule has 2 aromatic carbocycles. The van der Waals surface area contributed by atoms with Crippen molar-refractivity contribution in [2.24, 2.45) is 5.73 Å². The fraction of sp³-hybridized carbons (Fsp3) is 0.250. The molecule has 5 amide bonds. The fourth-order valence-corrected chi connectivity index (χ4v) is 3.57. The minimum atomic E-state index is -0.902. The van der Waals surface area contributed by atoms with Crippen molar-refractivity contribution < 1.29 is 33.4 Å². The van der Waals surface area contributed by atoms with Gasteiger partial charge in [-0.2, -0.15) is 0 Å². The lowest BCUT2D eigenvalue weighted by molar-refractivity contribution is -0.123. The maximum absolute atomic E-state index is 13.3. The molecule has 11 heteroatoms. The summed E-state index contributed by atoms with van der Waals surface area (Å²) in [5.41, 5.74) is 5.36. The van der Waals surface area contributed by atoms with Crippen LogP contribution in [-0.2, 0) is 14.4 Å². The number of primary amides is 1. The molecule has 1 fully saturated rings. The zero-order valence-electron chi connectivity index (χ0n) is 19.1. The van der Waals surface area contributed by atoms with Crippen LogP contribution in [0.5, 0.6) is 17.2 Å². The average Bonchev–Trinajstić information content (AvgIpc) is 2.80. The molecule has 1 aliphatic rings. The summed E-state index contributed by atoms with van der Waals surface area (Å²) >= 11 is 3.32. The standard InChI is InChI=1S/C24H24BrN3O7/c1-3-9-34-19-8-6-16(12-20(19)33-4-2)28-23(31)17(22(30)27-24(28)32)11-14-10-15(25)5-7-18(14)35-13-21(26)29/h5-8,10-12H,3-4,9,13H2,1-2H3,(H2,26,29)(H,27,30,32)/b17-11+. The number of hydrogen-bond acceptors (Lipinski definition) is 7. The maximum Gasteiger partial charge on any atom is 0.335 e. The van der Waals surface area contributed by atoms with Crippen molar-refractivity contribution >= 4 is 51.4 Å². The molecule has 0 aliphatic carbocycles. The maximum atomic E-state index is 13.3. The van der Waals surface area contributed by atoms with Crippen LogP contribution in [0, 0.1) is 0 Å². The average molecular weight is 546 g/mol. The van der Waals surface area contributed by atoms with Crippen LogP contribution in [0.3, 0.4) is 0 Å². The Hall–Kier alpha value is -3.86. The number of rotatable bonds is 10. The zero-order chi connectivity index (χ0) is 25.5. The highest BCUT2D eigenvalue weighted by Gasteiger charge is 2.37. The third kappa shape index (κ3) is 6.18. The van der Waals surface area contributed by atoms with E-state index < -0.39 is 30.4 Å². The Bertz CT molecular complexity index is 1200. The Balaban J connectivity index is 2.00.